The number of carbonyl (C=O) groups is 1. The van der Waals surface area contributed by atoms with Gasteiger partial charge in [0.15, 0.2) is 0 Å². The van der Waals surface area contributed by atoms with Crippen molar-refractivity contribution in [3.05, 3.63) is 42.1 Å². The summed E-state index contributed by atoms with van der Waals surface area (Å²) < 4.78 is 16.3. The van der Waals surface area contributed by atoms with Crippen molar-refractivity contribution >= 4 is 11.7 Å². The Hall–Kier alpha value is -3.47. The summed E-state index contributed by atoms with van der Waals surface area (Å²) in [5.41, 5.74) is 1.11. The van der Waals surface area contributed by atoms with E-state index in [1.165, 1.54) is 6.20 Å². The Kier molecular flexibility index (Phi) is 6.17. The molecule has 2 amide bonds. The molecule has 0 unspecified atom stereocenters. The highest BCUT2D eigenvalue weighted by atomic mass is 16.5. The SMILES string of the molecule is COc1cc(NC(=O)N2CCC(Oc3ccc(C#N)cn3)CC2)cc(OC)c1. The van der Waals surface area contributed by atoms with E-state index in [0.29, 0.717) is 54.6 Å². The summed E-state index contributed by atoms with van der Waals surface area (Å²) in [4.78, 5) is 18.4. The van der Waals surface area contributed by atoms with Gasteiger partial charge in [0.2, 0.25) is 5.88 Å². The van der Waals surface area contributed by atoms with Crippen LogP contribution < -0.4 is 19.5 Å². The lowest BCUT2D eigenvalue weighted by atomic mass is 10.1. The van der Waals surface area contributed by atoms with Gasteiger partial charge in [-0.2, -0.15) is 5.26 Å². The van der Waals surface area contributed by atoms with Crippen LogP contribution in [0.2, 0.25) is 0 Å². The predicted octanol–water partition coefficient (Wildman–Crippen LogP) is 3.05. The zero-order chi connectivity index (χ0) is 19.9. The molecule has 1 N–H and O–H groups in total. The van der Waals surface area contributed by atoms with Crippen molar-refractivity contribution in [2.45, 2.75) is 18.9 Å². The summed E-state index contributed by atoms with van der Waals surface area (Å²) >= 11 is 0. The molecule has 0 saturated carbocycles. The molecule has 0 aliphatic carbocycles. The number of methoxy groups -OCH3 is 2. The number of hydrogen-bond donors (Lipinski definition) is 1. The first kappa shape index (κ1) is 19.3. The van der Waals surface area contributed by atoms with Crippen LogP contribution in [-0.2, 0) is 0 Å². The Morgan fingerprint density at radius 3 is 2.39 bits per heavy atom. The van der Waals surface area contributed by atoms with Gasteiger partial charge in [-0.15, -0.1) is 0 Å². The Morgan fingerprint density at radius 1 is 1.18 bits per heavy atom. The number of carbonyl (C=O) groups excluding carboxylic acids is 1. The molecule has 1 fully saturated rings. The van der Waals surface area contributed by atoms with Gasteiger partial charge in [-0.1, -0.05) is 0 Å². The molecule has 8 heteroatoms. The third-order valence-corrected chi connectivity index (χ3v) is 4.48. The lowest BCUT2D eigenvalue weighted by molar-refractivity contribution is 0.111. The molecule has 3 rings (SSSR count). The Labute approximate surface area is 163 Å². The van der Waals surface area contributed by atoms with Gasteiger partial charge in [0.25, 0.3) is 0 Å². The highest BCUT2D eigenvalue weighted by Crippen LogP contribution is 2.26. The largest absolute Gasteiger partial charge is 0.497 e. The van der Waals surface area contributed by atoms with E-state index in [2.05, 4.69) is 10.3 Å². The first-order valence-corrected chi connectivity index (χ1v) is 8.93. The van der Waals surface area contributed by atoms with E-state index in [1.807, 2.05) is 6.07 Å². The second-order valence-electron chi connectivity index (χ2n) is 6.33. The Morgan fingerprint density at radius 2 is 1.86 bits per heavy atom. The normalized spacial score (nSPS) is 14.1. The first-order chi connectivity index (χ1) is 13.6. The van der Waals surface area contributed by atoms with Gasteiger partial charge in [0.1, 0.15) is 23.7 Å². The number of nitrogens with zero attached hydrogens (tertiary/aromatic N) is 3. The molecular formula is C20H22N4O4. The lowest BCUT2D eigenvalue weighted by Crippen LogP contribution is -2.43. The van der Waals surface area contributed by atoms with Crippen LogP contribution in [0.1, 0.15) is 18.4 Å². The van der Waals surface area contributed by atoms with Crippen LogP contribution in [0.25, 0.3) is 0 Å². The zero-order valence-electron chi connectivity index (χ0n) is 15.8. The number of amides is 2. The molecular weight excluding hydrogens is 360 g/mol. The van der Waals surface area contributed by atoms with Gasteiger partial charge < -0.3 is 24.4 Å². The molecule has 2 heterocycles. The number of pyridine rings is 1. The zero-order valence-corrected chi connectivity index (χ0v) is 15.8. The summed E-state index contributed by atoms with van der Waals surface area (Å²) in [6.07, 6.45) is 2.88. The number of hydrogen-bond acceptors (Lipinski definition) is 6. The standard InChI is InChI=1S/C20H22N4O4/c1-26-17-9-15(10-18(11-17)27-2)23-20(25)24-7-5-16(6-8-24)28-19-4-3-14(12-21)13-22-19/h3-4,9-11,13,16H,5-8H2,1-2H3,(H,23,25). The quantitative estimate of drug-likeness (QED) is 0.854. The lowest BCUT2D eigenvalue weighted by Gasteiger charge is -2.32. The van der Waals surface area contributed by atoms with Crippen LogP contribution >= 0.6 is 0 Å². The molecule has 0 bridgehead atoms. The summed E-state index contributed by atoms with van der Waals surface area (Å²) in [7, 11) is 3.13. The van der Waals surface area contributed by atoms with Gasteiger partial charge in [-0.3, -0.25) is 0 Å². The first-order valence-electron chi connectivity index (χ1n) is 8.93. The number of aromatic nitrogens is 1. The predicted molar refractivity (Wildman–Crippen MR) is 103 cm³/mol. The van der Waals surface area contributed by atoms with Gasteiger partial charge >= 0.3 is 6.03 Å². The van der Waals surface area contributed by atoms with Crippen molar-refractivity contribution in [3.63, 3.8) is 0 Å². The van der Waals surface area contributed by atoms with Crippen LogP contribution in [0.4, 0.5) is 10.5 Å². The average Bonchev–Trinajstić information content (AvgIpc) is 2.74. The van der Waals surface area contributed by atoms with E-state index in [1.54, 1.807) is 49.5 Å². The maximum atomic E-state index is 12.6. The van der Waals surface area contributed by atoms with Gasteiger partial charge in [-0.25, -0.2) is 9.78 Å². The van der Waals surface area contributed by atoms with Gasteiger partial charge in [-0.05, 0) is 6.07 Å². The number of nitrogens with one attached hydrogen (secondary N) is 1. The molecule has 1 aliphatic rings. The van der Waals surface area contributed by atoms with Gasteiger partial charge in [0.05, 0.1) is 19.8 Å². The third kappa shape index (κ3) is 4.82. The third-order valence-electron chi connectivity index (χ3n) is 4.48. The number of urea groups is 1. The number of nitriles is 1. The maximum Gasteiger partial charge on any atom is 0.321 e. The van der Waals surface area contributed by atoms with Crippen molar-refractivity contribution in [2.24, 2.45) is 0 Å². The number of anilines is 1. The highest BCUT2D eigenvalue weighted by molar-refractivity contribution is 5.89. The average molecular weight is 382 g/mol. The number of rotatable bonds is 5. The van der Waals surface area contributed by atoms with E-state index in [0.717, 1.165) is 0 Å². The van der Waals surface area contributed by atoms with E-state index < -0.39 is 0 Å². The van der Waals surface area contributed by atoms with Crippen LogP contribution in [0.3, 0.4) is 0 Å². The van der Waals surface area contributed by atoms with Crippen LogP contribution in [0.15, 0.2) is 36.5 Å². The highest BCUT2D eigenvalue weighted by Gasteiger charge is 2.24. The van der Waals surface area contributed by atoms with Crippen molar-refractivity contribution in [3.8, 4) is 23.4 Å². The van der Waals surface area contributed by atoms with E-state index in [9.17, 15) is 4.79 Å². The Balaban J connectivity index is 1.53. The van der Waals surface area contributed by atoms with Crippen molar-refractivity contribution < 1.29 is 19.0 Å². The molecule has 1 aromatic heterocycles. The molecule has 1 aliphatic heterocycles. The Bertz CT molecular complexity index is 833. The summed E-state index contributed by atoms with van der Waals surface area (Å²) in [6.45, 7) is 1.15. The van der Waals surface area contributed by atoms with E-state index >= 15 is 0 Å². The second-order valence-corrected chi connectivity index (χ2v) is 6.33. The fourth-order valence-corrected chi connectivity index (χ4v) is 2.95. The molecule has 0 spiro atoms. The minimum absolute atomic E-state index is 0.0126. The summed E-state index contributed by atoms with van der Waals surface area (Å²) in [5.74, 6) is 1.71. The topological polar surface area (TPSA) is 96.7 Å². The number of ether oxygens (including phenoxy) is 3. The number of likely N-dealkylation sites (tertiary alicyclic amines) is 1. The monoisotopic (exact) mass is 382 g/mol. The fourth-order valence-electron chi connectivity index (χ4n) is 2.95. The summed E-state index contributed by atoms with van der Waals surface area (Å²) in [6, 6.07) is 10.4. The van der Waals surface area contributed by atoms with Crippen LogP contribution in [-0.4, -0.2) is 49.3 Å². The smallest absolute Gasteiger partial charge is 0.321 e. The van der Waals surface area contributed by atoms with Crippen molar-refractivity contribution in [2.75, 3.05) is 32.6 Å². The van der Waals surface area contributed by atoms with E-state index in [-0.39, 0.29) is 12.1 Å². The molecule has 8 nitrogen and oxygen atoms in total. The molecule has 1 aromatic carbocycles. The fraction of sp³-hybridized carbons (Fsp3) is 0.350. The molecule has 28 heavy (non-hydrogen) atoms. The van der Waals surface area contributed by atoms with E-state index in [4.69, 9.17) is 19.5 Å². The number of benzene rings is 1. The van der Waals surface area contributed by atoms with Crippen LogP contribution in [0.5, 0.6) is 17.4 Å². The molecule has 1 saturated heterocycles. The maximum absolute atomic E-state index is 12.6. The van der Waals surface area contributed by atoms with Crippen molar-refractivity contribution in [1.29, 1.82) is 5.26 Å². The summed E-state index contributed by atoms with van der Waals surface area (Å²) in [5, 5.41) is 11.7. The molecule has 2 aromatic rings. The second kappa shape index (κ2) is 8.95. The minimum atomic E-state index is -0.176. The minimum Gasteiger partial charge on any atom is -0.497 e. The molecule has 0 radical (unpaired) electrons. The van der Waals surface area contributed by atoms with Gasteiger partial charge in [0, 0.05) is 62.1 Å². The number of piperidine rings is 1. The van der Waals surface area contributed by atoms with Crippen molar-refractivity contribution in [1.82, 2.24) is 9.88 Å². The molecule has 146 valence electrons. The van der Waals surface area contributed by atoms with Crippen LogP contribution in [0, 0.1) is 11.3 Å². The molecule has 0 atom stereocenters.